The van der Waals surface area contributed by atoms with Crippen LogP contribution in [0.4, 0.5) is 8.78 Å². The molecule has 2 aromatic carbocycles. The zero-order valence-electron chi connectivity index (χ0n) is 13.9. The highest BCUT2D eigenvalue weighted by atomic mass is 127. The summed E-state index contributed by atoms with van der Waals surface area (Å²) in [5.41, 5.74) is 2.11. The Bertz CT molecular complexity index is 1100. The van der Waals surface area contributed by atoms with E-state index in [9.17, 15) is 8.78 Å². The van der Waals surface area contributed by atoms with Gasteiger partial charge in [0.15, 0.2) is 23.1 Å². The first kappa shape index (κ1) is 17.8. The summed E-state index contributed by atoms with van der Waals surface area (Å²) in [5, 5.41) is 8.39. The molecular formula is C19H13F2IN4O. The summed E-state index contributed by atoms with van der Waals surface area (Å²) >= 11 is 2.24. The first-order chi connectivity index (χ1) is 13.1. The number of nitrogens with zero attached hydrogens (tertiary/aromatic N) is 4. The minimum Gasteiger partial charge on any atom is -0.477 e. The number of rotatable bonds is 5. The number of benzene rings is 2. The van der Waals surface area contributed by atoms with Gasteiger partial charge in [-0.05, 0) is 52.4 Å². The summed E-state index contributed by atoms with van der Waals surface area (Å²) in [6, 6.07) is 11.7. The predicted octanol–water partition coefficient (Wildman–Crippen LogP) is 4.30. The third kappa shape index (κ3) is 3.75. The largest absolute Gasteiger partial charge is 0.477 e. The van der Waals surface area contributed by atoms with Crippen LogP contribution in [0.5, 0.6) is 5.88 Å². The van der Waals surface area contributed by atoms with Gasteiger partial charge in [0.2, 0.25) is 5.88 Å². The van der Waals surface area contributed by atoms with Crippen molar-refractivity contribution in [3.05, 3.63) is 75.6 Å². The molecule has 0 unspecified atom stereocenters. The van der Waals surface area contributed by atoms with Gasteiger partial charge in [0.1, 0.15) is 0 Å². The summed E-state index contributed by atoms with van der Waals surface area (Å²) < 4.78 is 35.1. The Kier molecular flexibility index (Phi) is 4.97. The summed E-state index contributed by atoms with van der Waals surface area (Å²) in [6.45, 7) is 0.274. The molecule has 0 amide bonds. The molecule has 0 radical (unpaired) electrons. The molecule has 0 atom stereocenters. The average molecular weight is 478 g/mol. The molecule has 0 bridgehead atoms. The molecule has 0 fully saturated rings. The molecule has 27 heavy (non-hydrogen) atoms. The van der Waals surface area contributed by atoms with Crippen molar-refractivity contribution in [1.29, 1.82) is 0 Å². The van der Waals surface area contributed by atoms with Crippen LogP contribution in [-0.4, -0.2) is 26.2 Å². The van der Waals surface area contributed by atoms with Gasteiger partial charge in [-0.3, -0.25) is 4.98 Å². The minimum absolute atomic E-state index is 0.274. The minimum atomic E-state index is -0.865. The van der Waals surface area contributed by atoms with E-state index in [1.165, 1.54) is 12.1 Å². The summed E-state index contributed by atoms with van der Waals surface area (Å²) in [6.07, 6.45) is 3.61. The smallest absolute Gasteiger partial charge is 0.220 e. The number of ether oxygens (including phenoxy) is 1. The van der Waals surface area contributed by atoms with E-state index in [1.54, 1.807) is 16.8 Å². The molecule has 0 aliphatic rings. The molecule has 136 valence electrons. The molecule has 0 N–H and O–H groups in total. The van der Waals surface area contributed by atoms with Crippen molar-refractivity contribution in [3.8, 4) is 17.3 Å². The van der Waals surface area contributed by atoms with E-state index in [-0.39, 0.29) is 6.61 Å². The Morgan fingerprint density at radius 2 is 1.78 bits per heavy atom. The lowest BCUT2D eigenvalue weighted by atomic mass is 10.1. The molecule has 0 saturated heterocycles. The number of hydrogen-bond acceptors (Lipinski definition) is 4. The lowest BCUT2D eigenvalue weighted by Gasteiger charge is -2.10. The lowest BCUT2D eigenvalue weighted by Crippen LogP contribution is -2.06. The number of aromatic nitrogens is 4. The van der Waals surface area contributed by atoms with Crippen LogP contribution in [0.25, 0.3) is 17.0 Å². The van der Waals surface area contributed by atoms with E-state index in [0.717, 1.165) is 15.2 Å². The average Bonchev–Trinajstić information content (AvgIpc) is 3.10. The Hall–Kier alpha value is -2.62. The van der Waals surface area contributed by atoms with Crippen molar-refractivity contribution >= 4 is 28.2 Å². The van der Waals surface area contributed by atoms with Gasteiger partial charge >= 0.3 is 0 Å². The first-order valence-corrected chi connectivity index (χ1v) is 9.21. The topological polar surface area (TPSA) is 52.3 Å². The van der Waals surface area contributed by atoms with Gasteiger partial charge < -0.3 is 4.74 Å². The molecule has 2 heterocycles. The highest BCUT2D eigenvalue weighted by Crippen LogP contribution is 2.23. The fourth-order valence-corrected chi connectivity index (χ4v) is 3.04. The van der Waals surface area contributed by atoms with E-state index in [0.29, 0.717) is 29.3 Å². The number of hydrogen-bond donors (Lipinski definition) is 0. The van der Waals surface area contributed by atoms with Crippen molar-refractivity contribution in [2.24, 2.45) is 0 Å². The predicted molar refractivity (Wildman–Crippen MR) is 104 cm³/mol. The van der Waals surface area contributed by atoms with E-state index in [4.69, 9.17) is 4.74 Å². The Morgan fingerprint density at radius 3 is 2.56 bits per heavy atom. The maximum Gasteiger partial charge on any atom is 0.220 e. The summed E-state index contributed by atoms with van der Waals surface area (Å²) in [4.78, 5) is 4.13. The normalized spacial score (nSPS) is 11.1. The van der Waals surface area contributed by atoms with Gasteiger partial charge in [-0.2, -0.15) is 0 Å². The van der Waals surface area contributed by atoms with Crippen molar-refractivity contribution < 1.29 is 13.5 Å². The van der Waals surface area contributed by atoms with Crippen molar-refractivity contribution in [2.75, 3.05) is 6.61 Å². The molecule has 4 rings (SSSR count). The first-order valence-electron chi connectivity index (χ1n) is 8.13. The van der Waals surface area contributed by atoms with Crippen LogP contribution < -0.4 is 4.74 Å². The van der Waals surface area contributed by atoms with Gasteiger partial charge in [0.05, 0.1) is 19.0 Å². The SMILES string of the molecule is Fc1ccc(CCOc2cncc3nnc(-c4ccc(I)cc4)n23)cc1F. The fourth-order valence-electron chi connectivity index (χ4n) is 2.68. The van der Waals surface area contributed by atoms with E-state index >= 15 is 0 Å². The zero-order chi connectivity index (χ0) is 18.8. The van der Waals surface area contributed by atoms with Crippen LogP contribution >= 0.6 is 22.6 Å². The van der Waals surface area contributed by atoms with E-state index in [1.807, 2.05) is 24.3 Å². The van der Waals surface area contributed by atoms with Crippen LogP contribution in [0.3, 0.4) is 0 Å². The summed E-state index contributed by atoms with van der Waals surface area (Å²) in [5.74, 6) is -0.600. The van der Waals surface area contributed by atoms with Crippen LogP contribution in [0.15, 0.2) is 54.9 Å². The third-order valence-electron chi connectivity index (χ3n) is 4.01. The molecule has 0 aliphatic heterocycles. The van der Waals surface area contributed by atoms with Crippen molar-refractivity contribution in [3.63, 3.8) is 0 Å². The maximum atomic E-state index is 13.3. The quantitative estimate of drug-likeness (QED) is 0.402. The van der Waals surface area contributed by atoms with Crippen molar-refractivity contribution in [2.45, 2.75) is 6.42 Å². The highest BCUT2D eigenvalue weighted by molar-refractivity contribution is 14.1. The van der Waals surface area contributed by atoms with E-state index < -0.39 is 11.6 Å². The third-order valence-corrected chi connectivity index (χ3v) is 4.73. The van der Waals surface area contributed by atoms with Gasteiger partial charge in [-0.1, -0.05) is 18.2 Å². The Morgan fingerprint density at radius 1 is 0.963 bits per heavy atom. The second-order valence-electron chi connectivity index (χ2n) is 5.82. The van der Waals surface area contributed by atoms with Gasteiger partial charge in [0.25, 0.3) is 0 Å². The maximum absolute atomic E-state index is 13.3. The van der Waals surface area contributed by atoms with Crippen molar-refractivity contribution in [1.82, 2.24) is 19.6 Å². The molecule has 2 aromatic heterocycles. The molecule has 5 nitrogen and oxygen atoms in total. The van der Waals surface area contributed by atoms with E-state index in [2.05, 4.69) is 37.8 Å². The molecule has 4 aromatic rings. The fraction of sp³-hybridized carbons (Fsp3) is 0.105. The van der Waals surface area contributed by atoms with Gasteiger partial charge in [-0.15, -0.1) is 10.2 Å². The number of halogens is 3. The second kappa shape index (κ2) is 7.55. The van der Waals surface area contributed by atoms with Crippen LogP contribution in [-0.2, 0) is 6.42 Å². The standard InChI is InChI=1S/C19H13F2IN4O/c20-15-6-1-12(9-16(15)21)7-8-27-18-11-23-10-17-24-25-19(26(17)18)13-2-4-14(22)5-3-13/h1-6,9-11H,7-8H2. The van der Waals surface area contributed by atoms with Gasteiger partial charge in [0, 0.05) is 15.6 Å². The van der Waals surface area contributed by atoms with Crippen LogP contribution in [0, 0.1) is 15.2 Å². The molecule has 0 saturated carbocycles. The lowest BCUT2D eigenvalue weighted by molar-refractivity contribution is 0.304. The molecule has 0 spiro atoms. The Balaban J connectivity index is 1.59. The molecule has 0 aliphatic carbocycles. The summed E-state index contributed by atoms with van der Waals surface area (Å²) in [7, 11) is 0. The van der Waals surface area contributed by atoms with Crippen LogP contribution in [0.2, 0.25) is 0 Å². The number of fused-ring (bicyclic) bond motifs is 1. The Labute approximate surface area is 167 Å². The van der Waals surface area contributed by atoms with Crippen LogP contribution in [0.1, 0.15) is 5.56 Å². The zero-order valence-corrected chi connectivity index (χ0v) is 16.1. The van der Waals surface area contributed by atoms with Gasteiger partial charge in [-0.25, -0.2) is 13.2 Å². The molecule has 8 heteroatoms. The monoisotopic (exact) mass is 478 g/mol. The molecular weight excluding hydrogens is 465 g/mol. The second-order valence-corrected chi connectivity index (χ2v) is 7.06. The highest BCUT2D eigenvalue weighted by Gasteiger charge is 2.13.